The molecule has 0 radical (unpaired) electrons. The van der Waals surface area contributed by atoms with Gasteiger partial charge in [-0.25, -0.2) is 0 Å². The molecule has 0 unspecified atom stereocenters. The molecule has 0 N–H and O–H groups in total. The van der Waals surface area contributed by atoms with Crippen LogP contribution in [0.5, 0.6) is 0 Å². The van der Waals surface area contributed by atoms with Gasteiger partial charge in [0, 0.05) is 5.92 Å². The topological polar surface area (TPSA) is 40.9 Å². The molecule has 1 aliphatic carbocycles. The molecule has 0 atom stereocenters. The van der Waals surface area contributed by atoms with Crippen LogP contribution in [0.2, 0.25) is 0 Å². The first-order valence-corrected chi connectivity index (χ1v) is 8.35. The van der Waals surface area contributed by atoms with Gasteiger partial charge >= 0.3 is 0 Å². The number of carbonyl (C=O) groups excluding carboxylic acids is 1. The molecule has 2 aromatic carbocycles. The van der Waals surface area contributed by atoms with Crippen molar-refractivity contribution in [2.75, 3.05) is 0 Å². The maximum absolute atomic E-state index is 13.4. The molecule has 1 fully saturated rings. The predicted molar refractivity (Wildman–Crippen MR) is 90.9 cm³/mol. The van der Waals surface area contributed by atoms with Crippen LogP contribution in [0.4, 0.5) is 0 Å². The lowest BCUT2D eigenvalue weighted by molar-refractivity contribution is -0.126. The standard InChI is InChI=1S/C21H21NO/c22-16-21(18-12-6-2-7-13-18,19-14-8-3-9-15-19)20(23)17-10-4-1-5-11-17/h2-3,6-9,12-15,17H,1,4-5,10-11H2. The van der Waals surface area contributed by atoms with Gasteiger partial charge in [0.15, 0.2) is 11.2 Å². The molecule has 3 rings (SSSR count). The summed E-state index contributed by atoms with van der Waals surface area (Å²) in [5.41, 5.74) is 0.374. The number of hydrogen-bond acceptors (Lipinski definition) is 2. The zero-order chi connectivity index (χ0) is 16.1. The molecule has 1 saturated carbocycles. The number of benzene rings is 2. The fourth-order valence-corrected chi connectivity index (χ4v) is 3.68. The van der Waals surface area contributed by atoms with Gasteiger partial charge < -0.3 is 0 Å². The smallest absolute Gasteiger partial charge is 0.165 e. The molecule has 2 nitrogen and oxygen atoms in total. The molecule has 0 spiro atoms. The van der Waals surface area contributed by atoms with Crippen LogP contribution in [0.25, 0.3) is 0 Å². The molecular formula is C21H21NO. The Balaban J connectivity index is 2.13. The lowest BCUT2D eigenvalue weighted by atomic mass is 9.66. The van der Waals surface area contributed by atoms with Crippen molar-refractivity contribution >= 4 is 5.78 Å². The normalized spacial score (nSPS) is 15.8. The number of hydrogen-bond donors (Lipinski definition) is 0. The summed E-state index contributed by atoms with van der Waals surface area (Å²) in [7, 11) is 0. The second kappa shape index (κ2) is 6.79. The summed E-state index contributed by atoms with van der Waals surface area (Å²) < 4.78 is 0. The third kappa shape index (κ3) is 2.80. The minimum Gasteiger partial charge on any atom is -0.297 e. The van der Waals surface area contributed by atoms with Gasteiger partial charge in [-0.2, -0.15) is 5.26 Å². The first kappa shape index (κ1) is 15.5. The van der Waals surface area contributed by atoms with Gasteiger partial charge in [-0.1, -0.05) is 79.9 Å². The molecule has 0 amide bonds. The first-order valence-electron chi connectivity index (χ1n) is 8.35. The van der Waals surface area contributed by atoms with E-state index in [1.165, 1.54) is 6.42 Å². The zero-order valence-electron chi connectivity index (χ0n) is 13.2. The largest absolute Gasteiger partial charge is 0.297 e. The van der Waals surface area contributed by atoms with E-state index >= 15 is 0 Å². The Labute approximate surface area is 137 Å². The lowest BCUT2D eigenvalue weighted by Crippen LogP contribution is -2.40. The van der Waals surface area contributed by atoms with Crippen molar-refractivity contribution in [2.24, 2.45) is 5.92 Å². The van der Waals surface area contributed by atoms with Crippen LogP contribution in [0.1, 0.15) is 43.2 Å². The molecule has 0 aromatic heterocycles. The molecule has 23 heavy (non-hydrogen) atoms. The van der Waals surface area contributed by atoms with E-state index < -0.39 is 5.41 Å². The second-order valence-electron chi connectivity index (χ2n) is 6.29. The van der Waals surface area contributed by atoms with E-state index in [-0.39, 0.29) is 11.7 Å². The van der Waals surface area contributed by atoms with Crippen LogP contribution < -0.4 is 0 Å². The Bertz CT molecular complexity index is 654. The summed E-state index contributed by atoms with van der Waals surface area (Å²) in [5, 5.41) is 10.1. The van der Waals surface area contributed by atoms with Crippen LogP contribution in [0.3, 0.4) is 0 Å². The molecule has 1 aliphatic rings. The maximum Gasteiger partial charge on any atom is 0.165 e. The SMILES string of the molecule is N#CC(C(=O)C1CCCCC1)(c1ccccc1)c1ccccc1. The zero-order valence-corrected chi connectivity index (χ0v) is 13.2. The summed E-state index contributed by atoms with van der Waals surface area (Å²) >= 11 is 0. The predicted octanol–water partition coefficient (Wildman–Crippen LogP) is 4.65. The highest BCUT2D eigenvalue weighted by molar-refractivity contribution is 5.98. The summed E-state index contributed by atoms with van der Waals surface area (Å²) in [6.07, 6.45) is 5.17. The van der Waals surface area contributed by atoms with Crippen molar-refractivity contribution in [3.63, 3.8) is 0 Å². The van der Waals surface area contributed by atoms with Gasteiger partial charge in [0.25, 0.3) is 0 Å². The summed E-state index contributed by atoms with van der Waals surface area (Å²) in [4.78, 5) is 13.4. The summed E-state index contributed by atoms with van der Waals surface area (Å²) in [6.45, 7) is 0. The molecule has 0 heterocycles. The van der Waals surface area contributed by atoms with Crippen LogP contribution in [-0.2, 0) is 10.2 Å². The van der Waals surface area contributed by atoms with Gasteiger partial charge in [0.2, 0.25) is 0 Å². The highest BCUT2D eigenvalue weighted by atomic mass is 16.1. The van der Waals surface area contributed by atoms with E-state index in [1.54, 1.807) is 0 Å². The molecule has 0 bridgehead atoms. The number of nitriles is 1. The summed E-state index contributed by atoms with van der Waals surface area (Å²) in [6, 6.07) is 21.4. The van der Waals surface area contributed by atoms with Crippen LogP contribution in [-0.4, -0.2) is 5.78 Å². The second-order valence-corrected chi connectivity index (χ2v) is 6.29. The molecular weight excluding hydrogens is 282 g/mol. The number of carbonyl (C=O) groups is 1. The Morgan fingerprint density at radius 3 is 1.78 bits per heavy atom. The van der Waals surface area contributed by atoms with Gasteiger partial charge in [0.05, 0.1) is 6.07 Å². The van der Waals surface area contributed by atoms with E-state index in [9.17, 15) is 10.1 Å². The number of nitrogens with zero attached hydrogens (tertiary/aromatic N) is 1. The van der Waals surface area contributed by atoms with Gasteiger partial charge in [-0.05, 0) is 24.0 Å². The highest BCUT2D eigenvalue weighted by Gasteiger charge is 2.45. The highest BCUT2D eigenvalue weighted by Crippen LogP contribution is 2.38. The minimum atomic E-state index is -1.19. The molecule has 2 aromatic rings. The third-order valence-corrected chi connectivity index (χ3v) is 4.93. The van der Waals surface area contributed by atoms with Crippen molar-refractivity contribution in [2.45, 2.75) is 37.5 Å². The van der Waals surface area contributed by atoms with E-state index in [4.69, 9.17) is 0 Å². The van der Waals surface area contributed by atoms with Crippen LogP contribution in [0, 0.1) is 17.2 Å². The average Bonchev–Trinajstić information content (AvgIpc) is 2.65. The van der Waals surface area contributed by atoms with Gasteiger partial charge in [0.1, 0.15) is 0 Å². The Kier molecular flexibility index (Phi) is 4.57. The monoisotopic (exact) mass is 303 g/mol. The fraction of sp³-hybridized carbons (Fsp3) is 0.333. The van der Waals surface area contributed by atoms with Crippen molar-refractivity contribution < 1.29 is 4.79 Å². The third-order valence-electron chi connectivity index (χ3n) is 4.93. The average molecular weight is 303 g/mol. The van der Waals surface area contributed by atoms with E-state index in [0.717, 1.165) is 36.8 Å². The number of rotatable bonds is 4. The lowest BCUT2D eigenvalue weighted by Gasteiger charge is -2.32. The van der Waals surface area contributed by atoms with Crippen LogP contribution >= 0.6 is 0 Å². The maximum atomic E-state index is 13.4. The fourth-order valence-electron chi connectivity index (χ4n) is 3.68. The number of Topliss-reactive ketones (excluding diaryl/α,β-unsaturated/α-hetero) is 1. The quantitative estimate of drug-likeness (QED) is 0.825. The van der Waals surface area contributed by atoms with Gasteiger partial charge in [-0.3, -0.25) is 4.79 Å². The molecule has 0 saturated heterocycles. The van der Waals surface area contributed by atoms with Crippen molar-refractivity contribution in [3.05, 3.63) is 71.8 Å². The van der Waals surface area contributed by atoms with Crippen molar-refractivity contribution in [1.82, 2.24) is 0 Å². The Hall–Kier alpha value is -2.40. The van der Waals surface area contributed by atoms with Crippen molar-refractivity contribution in [1.29, 1.82) is 5.26 Å². The van der Waals surface area contributed by atoms with E-state index in [0.29, 0.717) is 0 Å². The van der Waals surface area contributed by atoms with Gasteiger partial charge in [-0.15, -0.1) is 0 Å². The van der Waals surface area contributed by atoms with E-state index in [1.807, 2.05) is 60.7 Å². The number of ketones is 1. The molecule has 0 aliphatic heterocycles. The summed E-state index contributed by atoms with van der Waals surface area (Å²) in [5.74, 6) is 0.0564. The van der Waals surface area contributed by atoms with Crippen LogP contribution in [0.15, 0.2) is 60.7 Å². The molecule has 116 valence electrons. The van der Waals surface area contributed by atoms with Crippen molar-refractivity contribution in [3.8, 4) is 6.07 Å². The first-order chi connectivity index (χ1) is 11.3. The Morgan fingerprint density at radius 1 is 0.870 bits per heavy atom. The Morgan fingerprint density at radius 2 is 1.35 bits per heavy atom. The molecule has 2 heteroatoms. The van der Waals surface area contributed by atoms with E-state index in [2.05, 4.69) is 6.07 Å². The minimum absolute atomic E-state index is 0.0104.